The largest absolute Gasteiger partial charge is 0.325 e. The van der Waals surface area contributed by atoms with Crippen LogP contribution < -0.4 is 10.2 Å². The second kappa shape index (κ2) is 8.83. The number of nitrogens with one attached hydrogen (secondary N) is 1. The van der Waals surface area contributed by atoms with Crippen LogP contribution in [0.4, 0.5) is 10.5 Å². The van der Waals surface area contributed by atoms with Crippen LogP contribution in [0.3, 0.4) is 0 Å². The fourth-order valence-corrected chi connectivity index (χ4v) is 4.08. The Hall–Kier alpha value is -3.67. The number of hydrogen-bond acceptors (Lipinski definition) is 3. The van der Waals surface area contributed by atoms with Gasteiger partial charge in [-0.1, -0.05) is 67.9 Å². The van der Waals surface area contributed by atoms with Gasteiger partial charge in [-0.2, -0.15) is 0 Å². The van der Waals surface area contributed by atoms with E-state index in [-0.39, 0.29) is 12.5 Å². The van der Waals surface area contributed by atoms with Gasteiger partial charge in [-0.15, -0.1) is 0 Å². The molecule has 1 aliphatic heterocycles. The summed E-state index contributed by atoms with van der Waals surface area (Å²) in [7, 11) is 0. The zero-order valence-electron chi connectivity index (χ0n) is 18.4. The van der Waals surface area contributed by atoms with E-state index in [1.165, 1.54) is 0 Å². The number of carbonyl (C=O) groups excluding carboxylic acids is 3. The number of hydrogen-bond donors (Lipinski definition) is 1. The maximum Gasteiger partial charge on any atom is 0.325 e. The lowest BCUT2D eigenvalue weighted by molar-refractivity contribution is -0.134. The first-order valence-corrected chi connectivity index (χ1v) is 10.9. The third-order valence-corrected chi connectivity index (χ3v) is 6.00. The molecule has 1 saturated heterocycles. The van der Waals surface area contributed by atoms with Crippen LogP contribution in [0, 0.1) is 0 Å². The molecule has 1 atom stereocenters. The first-order valence-electron chi connectivity index (χ1n) is 10.9. The van der Waals surface area contributed by atoms with Crippen molar-refractivity contribution in [2.75, 3.05) is 18.0 Å². The quantitative estimate of drug-likeness (QED) is 0.565. The van der Waals surface area contributed by atoms with Crippen LogP contribution in [0.2, 0.25) is 0 Å². The highest BCUT2D eigenvalue weighted by atomic mass is 16.2. The number of para-hydroxylation sites is 1. The highest BCUT2D eigenvalue weighted by Crippen LogP contribution is 2.31. The lowest BCUT2D eigenvalue weighted by Crippen LogP contribution is -2.45. The van der Waals surface area contributed by atoms with E-state index in [2.05, 4.69) is 12.2 Å². The van der Waals surface area contributed by atoms with Crippen molar-refractivity contribution in [1.29, 1.82) is 0 Å². The zero-order chi connectivity index (χ0) is 22.7. The van der Waals surface area contributed by atoms with Gasteiger partial charge in [0.15, 0.2) is 0 Å². The van der Waals surface area contributed by atoms with Gasteiger partial charge in [-0.05, 0) is 47.9 Å². The molecular formula is C26H27N3O3. The van der Waals surface area contributed by atoms with Gasteiger partial charge >= 0.3 is 6.03 Å². The first-order chi connectivity index (χ1) is 15.4. The molecule has 1 aliphatic rings. The topological polar surface area (TPSA) is 69.7 Å². The molecule has 1 N–H and O–H groups in total. The van der Waals surface area contributed by atoms with Gasteiger partial charge in [-0.25, -0.2) is 4.79 Å². The molecule has 1 unspecified atom stereocenters. The fourth-order valence-electron chi connectivity index (χ4n) is 4.08. The number of rotatable bonds is 7. The Morgan fingerprint density at radius 1 is 0.969 bits per heavy atom. The van der Waals surface area contributed by atoms with E-state index in [0.717, 1.165) is 34.2 Å². The standard InChI is InChI=1S/C26H27N3O3/c1-3-4-16-28(22-12-6-5-7-13-22)23(30)18-29-24(31)26(2,27-25(29)32)21-15-14-19-10-8-9-11-20(19)17-21/h5-15,17H,3-4,16,18H2,1-2H3,(H,27,32). The van der Waals surface area contributed by atoms with Crippen LogP contribution >= 0.6 is 0 Å². The van der Waals surface area contributed by atoms with Crippen molar-refractivity contribution in [2.24, 2.45) is 0 Å². The Bertz CT molecular complexity index is 1160. The van der Waals surface area contributed by atoms with E-state index in [9.17, 15) is 14.4 Å². The van der Waals surface area contributed by atoms with E-state index < -0.39 is 17.5 Å². The molecule has 164 valence electrons. The summed E-state index contributed by atoms with van der Waals surface area (Å²) in [5.74, 6) is -0.703. The van der Waals surface area contributed by atoms with Crippen LogP contribution in [0.25, 0.3) is 10.8 Å². The third kappa shape index (κ3) is 3.96. The zero-order valence-corrected chi connectivity index (χ0v) is 18.4. The van der Waals surface area contributed by atoms with Gasteiger partial charge in [-0.3, -0.25) is 14.5 Å². The van der Waals surface area contributed by atoms with Crippen LogP contribution in [0.5, 0.6) is 0 Å². The number of imide groups is 1. The molecule has 4 rings (SSSR count). The van der Waals surface area contributed by atoms with Gasteiger partial charge in [0.1, 0.15) is 12.1 Å². The number of carbonyl (C=O) groups is 3. The summed E-state index contributed by atoms with van der Waals surface area (Å²) in [5, 5.41) is 4.84. The Labute approximate surface area is 187 Å². The summed E-state index contributed by atoms with van der Waals surface area (Å²) in [4.78, 5) is 42.0. The number of amides is 4. The number of benzene rings is 3. The van der Waals surface area contributed by atoms with Crippen molar-refractivity contribution in [1.82, 2.24) is 10.2 Å². The predicted octanol–water partition coefficient (Wildman–Crippen LogP) is 4.44. The molecule has 0 aliphatic carbocycles. The summed E-state index contributed by atoms with van der Waals surface area (Å²) < 4.78 is 0. The number of urea groups is 1. The van der Waals surface area contributed by atoms with Crippen LogP contribution in [-0.4, -0.2) is 35.8 Å². The Kier molecular flexibility index (Phi) is 5.95. The van der Waals surface area contributed by atoms with E-state index in [1.54, 1.807) is 11.8 Å². The van der Waals surface area contributed by atoms with Gasteiger partial charge in [0.25, 0.3) is 5.91 Å². The van der Waals surface area contributed by atoms with Gasteiger partial charge in [0, 0.05) is 12.2 Å². The number of fused-ring (bicyclic) bond motifs is 1. The van der Waals surface area contributed by atoms with E-state index in [4.69, 9.17) is 0 Å². The van der Waals surface area contributed by atoms with Crippen molar-refractivity contribution in [3.63, 3.8) is 0 Å². The Balaban J connectivity index is 1.58. The smallest absolute Gasteiger partial charge is 0.319 e. The summed E-state index contributed by atoms with van der Waals surface area (Å²) in [6, 6.07) is 22.3. The molecule has 3 aromatic carbocycles. The second-order valence-corrected chi connectivity index (χ2v) is 8.24. The molecule has 0 saturated carbocycles. The average molecular weight is 430 g/mol. The molecule has 6 nitrogen and oxygen atoms in total. The summed E-state index contributed by atoms with van der Waals surface area (Å²) in [5.41, 5.74) is 0.230. The lowest BCUT2D eigenvalue weighted by atomic mass is 9.90. The van der Waals surface area contributed by atoms with Gasteiger partial charge in [0.2, 0.25) is 5.91 Å². The second-order valence-electron chi connectivity index (χ2n) is 8.24. The minimum absolute atomic E-state index is 0.282. The summed E-state index contributed by atoms with van der Waals surface area (Å²) >= 11 is 0. The van der Waals surface area contributed by atoms with E-state index in [0.29, 0.717) is 12.1 Å². The van der Waals surface area contributed by atoms with Crippen LogP contribution in [0.15, 0.2) is 72.8 Å². The van der Waals surface area contributed by atoms with Crippen molar-refractivity contribution in [3.05, 3.63) is 78.4 Å². The minimum atomic E-state index is -1.22. The monoisotopic (exact) mass is 429 g/mol. The molecular weight excluding hydrogens is 402 g/mol. The van der Waals surface area contributed by atoms with E-state index in [1.807, 2.05) is 72.8 Å². The van der Waals surface area contributed by atoms with Gasteiger partial charge in [0.05, 0.1) is 0 Å². The Morgan fingerprint density at radius 3 is 2.38 bits per heavy atom. The predicted molar refractivity (Wildman–Crippen MR) is 125 cm³/mol. The molecule has 6 heteroatoms. The molecule has 0 radical (unpaired) electrons. The lowest BCUT2D eigenvalue weighted by Gasteiger charge is -2.25. The van der Waals surface area contributed by atoms with Crippen LogP contribution in [-0.2, 0) is 15.1 Å². The van der Waals surface area contributed by atoms with Crippen molar-refractivity contribution < 1.29 is 14.4 Å². The van der Waals surface area contributed by atoms with Crippen molar-refractivity contribution in [2.45, 2.75) is 32.2 Å². The normalized spacial score (nSPS) is 18.1. The minimum Gasteiger partial charge on any atom is -0.319 e. The highest BCUT2D eigenvalue weighted by Gasteiger charge is 2.49. The molecule has 1 fully saturated rings. The Morgan fingerprint density at radius 2 is 1.66 bits per heavy atom. The molecule has 32 heavy (non-hydrogen) atoms. The van der Waals surface area contributed by atoms with Crippen molar-refractivity contribution in [3.8, 4) is 0 Å². The van der Waals surface area contributed by atoms with E-state index >= 15 is 0 Å². The summed E-state index contributed by atoms with van der Waals surface area (Å²) in [6.45, 7) is 3.98. The molecule has 3 aromatic rings. The summed E-state index contributed by atoms with van der Waals surface area (Å²) in [6.07, 6.45) is 1.76. The molecule has 1 heterocycles. The molecule has 0 bridgehead atoms. The number of unbranched alkanes of at least 4 members (excludes halogenated alkanes) is 1. The number of anilines is 1. The molecule has 4 amide bonds. The number of nitrogens with zero attached hydrogens (tertiary/aromatic N) is 2. The SMILES string of the molecule is CCCCN(C(=O)CN1C(=O)NC(C)(c2ccc3ccccc3c2)C1=O)c1ccccc1. The molecule has 0 spiro atoms. The maximum absolute atomic E-state index is 13.4. The fraction of sp³-hybridized carbons (Fsp3) is 0.269. The van der Waals surface area contributed by atoms with Gasteiger partial charge < -0.3 is 10.2 Å². The van der Waals surface area contributed by atoms with Crippen molar-refractivity contribution >= 4 is 34.3 Å². The molecule has 0 aromatic heterocycles. The maximum atomic E-state index is 13.4. The van der Waals surface area contributed by atoms with Crippen LogP contribution in [0.1, 0.15) is 32.3 Å². The average Bonchev–Trinajstić information content (AvgIpc) is 3.03. The highest BCUT2D eigenvalue weighted by molar-refractivity contribution is 6.10. The first kappa shape index (κ1) is 21.6. The third-order valence-electron chi connectivity index (χ3n) is 6.00.